The number of amides is 2. The number of rotatable bonds is 7. The molecule has 0 spiro atoms. The Bertz CT molecular complexity index is 827. The number of carbonyl (C=O) groups is 2. The smallest absolute Gasteiger partial charge is 0.255 e. The molecule has 1 atom stereocenters. The summed E-state index contributed by atoms with van der Waals surface area (Å²) in [7, 11) is 1.48. The van der Waals surface area contributed by atoms with Crippen molar-refractivity contribution in [1.82, 2.24) is 10.6 Å². The highest BCUT2D eigenvalue weighted by Gasteiger charge is 2.25. The highest BCUT2D eigenvalue weighted by molar-refractivity contribution is 9.10. The van der Waals surface area contributed by atoms with E-state index in [1.165, 1.54) is 19.2 Å². The van der Waals surface area contributed by atoms with Gasteiger partial charge in [-0.25, -0.2) is 4.39 Å². The lowest BCUT2D eigenvalue weighted by molar-refractivity contribution is -0.124. The Kier molecular flexibility index (Phi) is 7.36. The molecule has 0 saturated heterocycles. The highest BCUT2D eigenvalue weighted by atomic mass is 79.9. The average Bonchev–Trinajstić information content (AvgIpc) is 2.66. The number of carbonyl (C=O) groups excluding carboxylic acids is 2. The van der Waals surface area contributed by atoms with Crippen LogP contribution in [0.15, 0.2) is 46.9 Å². The minimum absolute atomic E-state index is 0.139. The molecule has 27 heavy (non-hydrogen) atoms. The molecule has 0 aliphatic heterocycles. The van der Waals surface area contributed by atoms with Gasteiger partial charge >= 0.3 is 0 Å². The van der Waals surface area contributed by atoms with Crippen LogP contribution in [0.25, 0.3) is 0 Å². The summed E-state index contributed by atoms with van der Waals surface area (Å²) in [6, 6.07) is 10.3. The average molecular weight is 437 g/mol. The van der Waals surface area contributed by atoms with Gasteiger partial charge in [-0.2, -0.15) is 0 Å². The van der Waals surface area contributed by atoms with Crippen molar-refractivity contribution in [2.24, 2.45) is 5.92 Å². The Morgan fingerprint density at radius 3 is 2.56 bits per heavy atom. The van der Waals surface area contributed by atoms with Crippen molar-refractivity contribution in [1.29, 1.82) is 0 Å². The summed E-state index contributed by atoms with van der Waals surface area (Å²) < 4.78 is 19.3. The van der Waals surface area contributed by atoms with Crippen molar-refractivity contribution in [2.45, 2.75) is 26.4 Å². The quantitative estimate of drug-likeness (QED) is 0.695. The van der Waals surface area contributed by atoms with E-state index in [1.807, 2.05) is 13.8 Å². The van der Waals surface area contributed by atoms with E-state index >= 15 is 0 Å². The van der Waals surface area contributed by atoms with Gasteiger partial charge in [0, 0.05) is 11.0 Å². The lowest BCUT2D eigenvalue weighted by atomic mass is 10.0. The summed E-state index contributed by atoms with van der Waals surface area (Å²) in [6.07, 6.45) is 0. The lowest BCUT2D eigenvalue weighted by Crippen LogP contribution is -2.49. The SMILES string of the molecule is COc1ccccc1C(=O)NC(C(=O)NCc1cc(F)ccc1Br)C(C)C. The normalized spacial score (nSPS) is 11.8. The van der Waals surface area contributed by atoms with Crippen LogP contribution >= 0.6 is 15.9 Å². The maximum atomic E-state index is 13.4. The van der Waals surface area contributed by atoms with Crippen LogP contribution in [-0.4, -0.2) is 25.0 Å². The van der Waals surface area contributed by atoms with Crippen molar-refractivity contribution < 1.29 is 18.7 Å². The minimum atomic E-state index is -0.741. The standard InChI is InChI=1S/C20H22BrFN2O3/c1-12(2)18(24-19(25)15-6-4-5-7-17(15)27-3)20(26)23-11-13-10-14(22)8-9-16(13)21/h4-10,12,18H,11H2,1-3H3,(H,23,26)(H,24,25). The van der Waals surface area contributed by atoms with E-state index in [2.05, 4.69) is 26.6 Å². The summed E-state index contributed by atoms with van der Waals surface area (Å²) >= 11 is 3.33. The van der Waals surface area contributed by atoms with Crippen LogP contribution in [0, 0.1) is 11.7 Å². The van der Waals surface area contributed by atoms with Crippen LogP contribution in [0.1, 0.15) is 29.8 Å². The zero-order chi connectivity index (χ0) is 20.0. The summed E-state index contributed by atoms with van der Waals surface area (Å²) in [4.78, 5) is 25.2. The van der Waals surface area contributed by atoms with Gasteiger partial charge in [0.25, 0.3) is 5.91 Å². The van der Waals surface area contributed by atoms with Crippen LogP contribution in [0.4, 0.5) is 4.39 Å². The first kappa shape index (κ1) is 20.9. The van der Waals surface area contributed by atoms with Gasteiger partial charge in [-0.05, 0) is 41.8 Å². The second-order valence-corrected chi connectivity index (χ2v) is 7.20. The van der Waals surface area contributed by atoms with Crippen LogP contribution < -0.4 is 15.4 Å². The van der Waals surface area contributed by atoms with Crippen molar-refractivity contribution in [2.75, 3.05) is 7.11 Å². The minimum Gasteiger partial charge on any atom is -0.496 e. The number of nitrogens with one attached hydrogen (secondary N) is 2. The monoisotopic (exact) mass is 436 g/mol. The molecular formula is C20H22BrFN2O3. The Morgan fingerprint density at radius 2 is 1.89 bits per heavy atom. The van der Waals surface area contributed by atoms with Gasteiger partial charge in [0.05, 0.1) is 12.7 Å². The van der Waals surface area contributed by atoms with E-state index in [9.17, 15) is 14.0 Å². The Hall–Kier alpha value is -2.41. The molecule has 7 heteroatoms. The molecule has 2 rings (SSSR count). The predicted octanol–water partition coefficient (Wildman–Crippen LogP) is 3.67. The van der Waals surface area contributed by atoms with E-state index in [0.717, 1.165) is 0 Å². The van der Waals surface area contributed by atoms with Crippen molar-refractivity contribution in [3.8, 4) is 5.75 Å². The molecule has 2 N–H and O–H groups in total. The number of benzene rings is 2. The van der Waals surface area contributed by atoms with E-state index in [-0.39, 0.29) is 24.2 Å². The Labute approximate surface area is 166 Å². The molecular weight excluding hydrogens is 415 g/mol. The summed E-state index contributed by atoms with van der Waals surface area (Å²) in [5.74, 6) is -0.828. The molecule has 2 aromatic carbocycles. The third-order valence-corrected chi connectivity index (χ3v) is 4.82. The van der Waals surface area contributed by atoms with Gasteiger partial charge in [-0.1, -0.05) is 41.9 Å². The van der Waals surface area contributed by atoms with Gasteiger partial charge < -0.3 is 15.4 Å². The largest absolute Gasteiger partial charge is 0.496 e. The number of hydrogen-bond acceptors (Lipinski definition) is 3. The zero-order valence-electron chi connectivity index (χ0n) is 15.4. The number of hydrogen-bond donors (Lipinski definition) is 2. The van der Waals surface area contributed by atoms with Crippen molar-refractivity contribution in [3.63, 3.8) is 0 Å². The van der Waals surface area contributed by atoms with Crippen molar-refractivity contribution in [3.05, 3.63) is 63.9 Å². The topological polar surface area (TPSA) is 67.4 Å². The molecule has 0 aromatic heterocycles. The van der Waals surface area contributed by atoms with Gasteiger partial charge in [0.15, 0.2) is 0 Å². The molecule has 0 fully saturated rings. The maximum absolute atomic E-state index is 13.4. The molecule has 0 bridgehead atoms. The van der Waals surface area contributed by atoms with Gasteiger partial charge in [-0.15, -0.1) is 0 Å². The number of ether oxygens (including phenoxy) is 1. The molecule has 0 aliphatic rings. The van der Waals surface area contributed by atoms with Crippen LogP contribution in [0.2, 0.25) is 0 Å². The third-order valence-electron chi connectivity index (χ3n) is 4.05. The lowest BCUT2D eigenvalue weighted by Gasteiger charge is -2.22. The van der Waals surface area contributed by atoms with Crippen LogP contribution in [-0.2, 0) is 11.3 Å². The molecule has 0 aliphatic carbocycles. The fraction of sp³-hybridized carbons (Fsp3) is 0.300. The van der Waals surface area contributed by atoms with Crippen molar-refractivity contribution >= 4 is 27.7 Å². The van der Waals surface area contributed by atoms with E-state index in [4.69, 9.17) is 4.74 Å². The third kappa shape index (κ3) is 5.53. The maximum Gasteiger partial charge on any atom is 0.255 e. The predicted molar refractivity (Wildman–Crippen MR) is 105 cm³/mol. The molecule has 0 radical (unpaired) electrons. The number of methoxy groups -OCH3 is 1. The zero-order valence-corrected chi connectivity index (χ0v) is 17.0. The number of halogens is 2. The summed E-state index contributed by atoms with van der Waals surface area (Å²) in [6.45, 7) is 3.82. The molecule has 5 nitrogen and oxygen atoms in total. The van der Waals surface area contributed by atoms with Gasteiger partial charge in [0.1, 0.15) is 17.6 Å². The Morgan fingerprint density at radius 1 is 1.19 bits per heavy atom. The van der Waals surface area contributed by atoms with Crippen LogP contribution in [0.3, 0.4) is 0 Å². The van der Waals surface area contributed by atoms with E-state index in [0.29, 0.717) is 21.3 Å². The van der Waals surface area contributed by atoms with Gasteiger partial charge in [0.2, 0.25) is 5.91 Å². The van der Waals surface area contributed by atoms with E-state index in [1.54, 1.807) is 30.3 Å². The molecule has 2 amide bonds. The fourth-order valence-corrected chi connectivity index (χ4v) is 2.94. The summed E-state index contributed by atoms with van der Waals surface area (Å²) in [5, 5.41) is 5.51. The summed E-state index contributed by atoms with van der Waals surface area (Å²) in [5.41, 5.74) is 0.966. The first-order chi connectivity index (χ1) is 12.8. The van der Waals surface area contributed by atoms with E-state index < -0.39 is 11.9 Å². The molecule has 144 valence electrons. The highest BCUT2D eigenvalue weighted by Crippen LogP contribution is 2.19. The second-order valence-electron chi connectivity index (χ2n) is 6.35. The first-order valence-corrected chi connectivity index (χ1v) is 9.28. The molecule has 0 saturated carbocycles. The van der Waals surface area contributed by atoms with Gasteiger partial charge in [-0.3, -0.25) is 9.59 Å². The fourth-order valence-electron chi connectivity index (χ4n) is 2.56. The molecule has 0 heterocycles. The Balaban J connectivity index is 2.08. The molecule has 2 aromatic rings. The van der Waals surface area contributed by atoms with Crippen LogP contribution in [0.5, 0.6) is 5.75 Å². The second kappa shape index (κ2) is 9.50. The molecule has 1 unspecified atom stereocenters. The first-order valence-electron chi connectivity index (χ1n) is 8.49. The number of para-hydroxylation sites is 1.